The second kappa shape index (κ2) is 7.56. The summed E-state index contributed by atoms with van der Waals surface area (Å²) in [5.41, 5.74) is 1.62. The quantitative estimate of drug-likeness (QED) is 0.697. The molecule has 0 saturated heterocycles. The van der Waals surface area contributed by atoms with E-state index in [1.807, 2.05) is 53.2 Å². The lowest BCUT2D eigenvalue weighted by atomic mass is 9.80. The molecule has 0 aliphatic heterocycles. The summed E-state index contributed by atoms with van der Waals surface area (Å²) in [7, 11) is 1.66. The monoisotopic (exact) mass is 383 g/mol. The van der Waals surface area contributed by atoms with E-state index in [2.05, 4.69) is 20.8 Å². The summed E-state index contributed by atoms with van der Waals surface area (Å²) >= 11 is 6.04. The number of aromatic nitrogens is 4. The first-order valence-corrected chi connectivity index (χ1v) is 9.55. The average molecular weight is 384 g/mol. The minimum absolute atomic E-state index is 0.310. The Bertz CT molecular complexity index is 885. The molecule has 3 aromatic rings. The first kappa shape index (κ1) is 17.8. The molecule has 1 N–H and O–H groups in total. The summed E-state index contributed by atoms with van der Waals surface area (Å²) in [6, 6.07) is 15.6. The number of anilines is 1. The van der Waals surface area contributed by atoms with Crippen LogP contribution in [0.5, 0.6) is 5.75 Å². The van der Waals surface area contributed by atoms with Gasteiger partial charge in [-0.05, 0) is 71.8 Å². The molecule has 1 aliphatic carbocycles. The van der Waals surface area contributed by atoms with Crippen molar-refractivity contribution in [3.8, 4) is 11.4 Å². The molecular formula is C20H22ClN5O. The van der Waals surface area contributed by atoms with E-state index >= 15 is 0 Å². The van der Waals surface area contributed by atoms with Gasteiger partial charge in [-0.25, -0.2) is 0 Å². The molecule has 0 radical (unpaired) electrons. The number of methoxy groups -OCH3 is 1. The van der Waals surface area contributed by atoms with E-state index in [9.17, 15) is 0 Å². The molecule has 1 heterocycles. The maximum Gasteiger partial charge on any atom is 0.181 e. The van der Waals surface area contributed by atoms with Gasteiger partial charge >= 0.3 is 0 Å². The fourth-order valence-electron chi connectivity index (χ4n) is 3.75. The third kappa shape index (κ3) is 3.62. The number of hydrogen-bond donors (Lipinski definition) is 1. The zero-order valence-corrected chi connectivity index (χ0v) is 16.0. The van der Waals surface area contributed by atoms with Gasteiger partial charge in [0.25, 0.3) is 0 Å². The van der Waals surface area contributed by atoms with Gasteiger partial charge in [0.1, 0.15) is 5.75 Å². The van der Waals surface area contributed by atoms with Crippen LogP contribution in [-0.4, -0.2) is 27.3 Å². The molecule has 1 saturated carbocycles. The molecule has 27 heavy (non-hydrogen) atoms. The smallest absolute Gasteiger partial charge is 0.181 e. The van der Waals surface area contributed by atoms with E-state index in [0.29, 0.717) is 0 Å². The van der Waals surface area contributed by atoms with Gasteiger partial charge in [0.15, 0.2) is 5.82 Å². The molecule has 6 nitrogen and oxygen atoms in total. The van der Waals surface area contributed by atoms with Gasteiger partial charge in [-0.2, -0.15) is 4.68 Å². The van der Waals surface area contributed by atoms with Gasteiger partial charge in [0.2, 0.25) is 0 Å². The van der Waals surface area contributed by atoms with Gasteiger partial charge in [-0.1, -0.05) is 30.9 Å². The van der Waals surface area contributed by atoms with Crippen molar-refractivity contribution in [3.63, 3.8) is 0 Å². The Labute approximate surface area is 163 Å². The van der Waals surface area contributed by atoms with Gasteiger partial charge in [0.05, 0.1) is 18.3 Å². The van der Waals surface area contributed by atoms with E-state index in [4.69, 9.17) is 16.3 Å². The highest BCUT2D eigenvalue weighted by Gasteiger charge is 2.39. The Morgan fingerprint density at radius 1 is 1.00 bits per heavy atom. The molecule has 1 fully saturated rings. The van der Waals surface area contributed by atoms with Crippen LogP contribution in [0.1, 0.15) is 37.9 Å². The largest absolute Gasteiger partial charge is 0.497 e. The average Bonchev–Trinajstić information content (AvgIpc) is 3.21. The van der Waals surface area contributed by atoms with Gasteiger partial charge in [-0.15, -0.1) is 5.10 Å². The number of rotatable bonds is 5. The first-order chi connectivity index (χ1) is 13.2. The fraction of sp³-hybridized carbons (Fsp3) is 0.350. The van der Waals surface area contributed by atoms with Crippen LogP contribution in [0, 0.1) is 0 Å². The zero-order chi connectivity index (χ0) is 18.7. The normalized spacial score (nSPS) is 16.1. The second-order valence-corrected chi connectivity index (χ2v) is 7.32. The molecule has 2 aromatic carbocycles. The van der Waals surface area contributed by atoms with Crippen LogP contribution in [0.15, 0.2) is 48.5 Å². The molecule has 140 valence electrons. The molecule has 0 amide bonds. The third-order valence-corrected chi connectivity index (χ3v) is 5.40. The summed E-state index contributed by atoms with van der Waals surface area (Å²) in [4.78, 5) is 0. The highest BCUT2D eigenvalue weighted by molar-refractivity contribution is 6.30. The topological polar surface area (TPSA) is 64.9 Å². The summed E-state index contributed by atoms with van der Waals surface area (Å²) < 4.78 is 7.08. The van der Waals surface area contributed by atoms with Crippen LogP contribution in [0.3, 0.4) is 0 Å². The molecule has 1 aromatic heterocycles. The summed E-state index contributed by atoms with van der Waals surface area (Å²) in [6.45, 7) is 0. The standard InChI is InChI=1S/C20H22ClN5O/c1-27-18-11-9-17(10-12-18)26-19(23-24-25-26)20(13-3-2-4-14-20)22-16-7-5-15(21)6-8-16/h5-12,22H,2-4,13-14H2,1H3. The second-order valence-electron chi connectivity index (χ2n) is 6.89. The van der Waals surface area contributed by atoms with Crippen molar-refractivity contribution in [2.45, 2.75) is 37.6 Å². The number of hydrogen-bond acceptors (Lipinski definition) is 5. The summed E-state index contributed by atoms with van der Waals surface area (Å²) in [5, 5.41) is 17.1. The molecule has 0 spiro atoms. The Morgan fingerprint density at radius 3 is 2.37 bits per heavy atom. The maximum absolute atomic E-state index is 6.04. The zero-order valence-electron chi connectivity index (χ0n) is 15.2. The van der Waals surface area contributed by atoms with Crippen molar-refractivity contribution < 1.29 is 4.74 Å². The molecule has 0 bridgehead atoms. The minimum Gasteiger partial charge on any atom is -0.497 e. The molecule has 4 rings (SSSR count). The number of nitrogens with zero attached hydrogens (tertiary/aromatic N) is 4. The van der Waals surface area contributed by atoms with Crippen LogP contribution in [0.25, 0.3) is 5.69 Å². The number of nitrogens with one attached hydrogen (secondary N) is 1. The predicted molar refractivity (Wildman–Crippen MR) is 106 cm³/mol. The lowest BCUT2D eigenvalue weighted by Crippen LogP contribution is -2.40. The van der Waals surface area contributed by atoms with Crippen molar-refractivity contribution in [3.05, 3.63) is 59.4 Å². The molecule has 1 aliphatic rings. The number of halogens is 1. The van der Waals surface area contributed by atoms with Gasteiger partial charge in [-0.3, -0.25) is 0 Å². The SMILES string of the molecule is COc1ccc(-n2nnnc2C2(Nc3ccc(Cl)cc3)CCCCC2)cc1. The van der Waals surface area contributed by atoms with Crippen molar-refractivity contribution in [2.75, 3.05) is 12.4 Å². The third-order valence-electron chi connectivity index (χ3n) is 5.15. The van der Waals surface area contributed by atoms with E-state index in [1.165, 1.54) is 6.42 Å². The predicted octanol–water partition coefficient (Wildman–Crippen LogP) is 4.60. The highest BCUT2D eigenvalue weighted by atomic mass is 35.5. The van der Waals surface area contributed by atoms with Crippen LogP contribution >= 0.6 is 11.6 Å². The van der Waals surface area contributed by atoms with Crippen LogP contribution in [0.2, 0.25) is 5.02 Å². The van der Waals surface area contributed by atoms with E-state index in [-0.39, 0.29) is 5.54 Å². The molecule has 0 unspecified atom stereocenters. The van der Waals surface area contributed by atoms with E-state index < -0.39 is 0 Å². The number of tetrazole rings is 1. The van der Waals surface area contributed by atoms with Crippen LogP contribution in [0.4, 0.5) is 5.69 Å². The van der Waals surface area contributed by atoms with Crippen molar-refractivity contribution in [2.24, 2.45) is 0 Å². The Kier molecular flexibility index (Phi) is 4.99. The Morgan fingerprint density at radius 2 is 1.70 bits per heavy atom. The van der Waals surface area contributed by atoms with Crippen molar-refractivity contribution in [1.29, 1.82) is 0 Å². The molecular weight excluding hydrogens is 362 g/mol. The van der Waals surface area contributed by atoms with E-state index in [1.54, 1.807) is 7.11 Å². The Hall–Kier alpha value is -2.60. The van der Waals surface area contributed by atoms with Gasteiger partial charge in [0, 0.05) is 10.7 Å². The van der Waals surface area contributed by atoms with Crippen LogP contribution in [-0.2, 0) is 5.54 Å². The molecule has 0 atom stereocenters. The lowest BCUT2D eigenvalue weighted by Gasteiger charge is -2.37. The summed E-state index contributed by atoms with van der Waals surface area (Å²) in [5.74, 6) is 1.64. The highest BCUT2D eigenvalue weighted by Crippen LogP contribution is 2.39. The number of ether oxygens (including phenoxy) is 1. The van der Waals surface area contributed by atoms with Crippen LogP contribution < -0.4 is 10.1 Å². The first-order valence-electron chi connectivity index (χ1n) is 9.17. The number of benzene rings is 2. The van der Waals surface area contributed by atoms with Crippen molar-refractivity contribution >= 4 is 17.3 Å². The summed E-state index contributed by atoms with van der Waals surface area (Å²) in [6.07, 6.45) is 5.46. The van der Waals surface area contributed by atoms with Crippen molar-refractivity contribution in [1.82, 2.24) is 20.2 Å². The van der Waals surface area contributed by atoms with Gasteiger partial charge < -0.3 is 10.1 Å². The molecule has 7 heteroatoms. The fourth-order valence-corrected chi connectivity index (χ4v) is 3.88. The Balaban J connectivity index is 1.72. The maximum atomic E-state index is 6.04. The lowest BCUT2D eigenvalue weighted by molar-refractivity contribution is 0.309. The minimum atomic E-state index is -0.310. The van der Waals surface area contributed by atoms with E-state index in [0.717, 1.165) is 53.7 Å².